The van der Waals surface area contributed by atoms with E-state index < -0.39 is 0 Å². The largest absolute Gasteiger partial charge is 0.489 e. The van der Waals surface area contributed by atoms with Crippen molar-refractivity contribution in [3.63, 3.8) is 0 Å². The molecule has 4 rings (SSSR count). The Morgan fingerprint density at radius 2 is 1.62 bits per heavy atom. The van der Waals surface area contributed by atoms with Crippen molar-refractivity contribution in [2.24, 2.45) is 4.99 Å². The molecule has 0 spiro atoms. The van der Waals surface area contributed by atoms with Crippen molar-refractivity contribution in [1.82, 2.24) is 4.90 Å². The number of hydrogen-bond acceptors (Lipinski definition) is 4. The predicted octanol–water partition coefficient (Wildman–Crippen LogP) is 6.99. The minimum Gasteiger partial charge on any atom is -0.489 e. The Kier molecular flexibility index (Phi) is 7.23. The minimum absolute atomic E-state index is 0.0421. The second-order valence-electron chi connectivity index (χ2n) is 8.62. The van der Waals surface area contributed by atoms with Gasteiger partial charge in [0.2, 0.25) is 0 Å². The van der Waals surface area contributed by atoms with Gasteiger partial charge in [0, 0.05) is 7.05 Å². The van der Waals surface area contributed by atoms with Gasteiger partial charge in [-0.15, -0.1) is 0 Å². The SMILES string of the molecule is CCc1ccc(N=C2SC(=Cc3ccc(OCc4c(C)cc(C)cc4C)cc3)C(=O)N2C)cc1. The molecule has 4 nitrogen and oxygen atoms in total. The highest BCUT2D eigenvalue weighted by Gasteiger charge is 2.30. The second-order valence-corrected chi connectivity index (χ2v) is 9.63. The van der Waals surface area contributed by atoms with E-state index in [4.69, 9.17) is 4.74 Å². The van der Waals surface area contributed by atoms with Gasteiger partial charge in [0.1, 0.15) is 12.4 Å². The van der Waals surface area contributed by atoms with Crippen LogP contribution in [0.25, 0.3) is 6.08 Å². The number of carbonyl (C=O) groups is 1. The number of benzene rings is 3. The van der Waals surface area contributed by atoms with Crippen molar-refractivity contribution in [3.8, 4) is 5.75 Å². The molecule has 0 bridgehead atoms. The maximum absolute atomic E-state index is 12.8. The van der Waals surface area contributed by atoms with E-state index in [-0.39, 0.29) is 5.91 Å². The number of nitrogens with zero attached hydrogens (tertiary/aromatic N) is 2. The Labute approximate surface area is 206 Å². The zero-order valence-corrected chi connectivity index (χ0v) is 21.2. The van der Waals surface area contributed by atoms with Crippen molar-refractivity contribution in [3.05, 3.63) is 98.9 Å². The van der Waals surface area contributed by atoms with Crippen molar-refractivity contribution in [2.75, 3.05) is 7.05 Å². The first-order chi connectivity index (χ1) is 16.3. The van der Waals surface area contributed by atoms with E-state index in [0.29, 0.717) is 16.7 Å². The molecule has 3 aromatic rings. The number of amides is 1. The Balaban J connectivity index is 1.44. The molecule has 0 aliphatic carbocycles. The normalized spacial score (nSPS) is 16.0. The van der Waals surface area contributed by atoms with Gasteiger partial charge in [-0.2, -0.15) is 0 Å². The highest BCUT2D eigenvalue weighted by atomic mass is 32.2. The summed E-state index contributed by atoms with van der Waals surface area (Å²) in [6.07, 6.45) is 2.90. The summed E-state index contributed by atoms with van der Waals surface area (Å²) in [7, 11) is 1.77. The first-order valence-electron chi connectivity index (χ1n) is 11.5. The second kappa shape index (κ2) is 10.3. The van der Waals surface area contributed by atoms with Crippen LogP contribution in [0.4, 0.5) is 5.69 Å². The molecule has 0 atom stereocenters. The molecular formula is C29H30N2O2S. The van der Waals surface area contributed by atoms with Crippen LogP contribution in [0.15, 0.2) is 70.6 Å². The van der Waals surface area contributed by atoms with Gasteiger partial charge >= 0.3 is 0 Å². The van der Waals surface area contributed by atoms with E-state index in [1.165, 1.54) is 39.6 Å². The maximum Gasteiger partial charge on any atom is 0.266 e. The number of hydrogen-bond donors (Lipinski definition) is 0. The molecule has 0 aromatic heterocycles. The monoisotopic (exact) mass is 470 g/mol. The van der Waals surface area contributed by atoms with Crippen LogP contribution < -0.4 is 4.74 Å². The summed E-state index contributed by atoms with van der Waals surface area (Å²) in [5.41, 5.74) is 8.06. The number of carbonyl (C=O) groups excluding carboxylic acids is 1. The Morgan fingerprint density at radius 3 is 2.24 bits per heavy atom. The molecule has 0 N–H and O–H groups in total. The van der Waals surface area contributed by atoms with Crippen molar-refractivity contribution in [1.29, 1.82) is 0 Å². The highest BCUT2D eigenvalue weighted by molar-refractivity contribution is 8.18. The van der Waals surface area contributed by atoms with Gasteiger partial charge < -0.3 is 4.74 Å². The average molecular weight is 471 g/mol. The molecule has 1 aliphatic heterocycles. The van der Waals surface area contributed by atoms with E-state index in [2.05, 4.69) is 57.0 Å². The topological polar surface area (TPSA) is 41.9 Å². The van der Waals surface area contributed by atoms with Gasteiger partial charge in [0.05, 0.1) is 10.6 Å². The molecule has 5 heteroatoms. The summed E-state index contributed by atoms with van der Waals surface area (Å²) >= 11 is 1.40. The van der Waals surface area contributed by atoms with Gasteiger partial charge in [0.25, 0.3) is 5.91 Å². The predicted molar refractivity (Wildman–Crippen MR) is 143 cm³/mol. The number of rotatable bonds is 6. The summed E-state index contributed by atoms with van der Waals surface area (Å²) in [4.78, 5) is 19.7. The van der Waals surface area contributed by atoms with E-state index in [0.717, 1.165) is 23.4 Å². The molecule has 34 heavy (non-hydrogen) atoms. The molecule has 0 unspecified atom stereocenters. The third-order valence-electron chi connectivity index (χ3n) is 5.97. The van der Waals surface area contributed by atoms with Gasteiger partial charge in [0.15, 0.2) is 5.17 Å². The van der Waals surface area contributed by atoms with Crippen LogP contribution in [0.3, 0.4) is 0 Å². The number of likely N-dealkylation sites (N-methyl/N-ethyl adjacent to an activating group) is 1. The Morgan fingerprint density at radius 1 is 0.971 bits per heavy atom. The summed E-state index contributed by atoms with van der Waals surface area (Å²) in [5, 5.41) is 0.685. The standard InChI is InChI=1S/C29H30N2O2S/c1-6-22-7-11-24(12-8-22)30-29-31(5)28(32)27(34-29)17-23-9-13-25(14-10-23)33-18-26-20(3)15-19(2)16-21(26)4/h7-17H,6,18H2,1-5H3. The third kappa shape index (κ3) is 5.42. The molecule has 0 radical (unpaired) electrons. The minimum atomic E-state index is -0.0421. The van der Waals surface area contributed by atoms with E-state index in [9.17, 15) is 4.79 Å². The van der Waals surface area contributed by atoms with Gasteiger partial charge in [-0.05, 0) is 97.1 Å². The number of amidine groups is 1. The lowest BCUT2D eigenvalue weighted by Gasteiger charge is -2.13. The van der Waals surface area contributed by atoms with E-state index in [1.807, 2.05) is 42.5 Å². The molecule has 1 saturated heterocycles. The van der Waals surface area contributed by atoms with Crippen LogP contribution >= 0.6 is 11.8 Å². The number of aliphatic imine (C=N–C) groups is 1. The number of ether oxygens (including phenoxy) is 1. The quantitative estimate of drug-likeness (QED) is 0.365. The summed E-state index contributed by atoms with van der Waals surface area (Å²) in [6, 6.07) is 20.3. The lowest BCUT2D eigenvalue weighted by molar-refractivity contribution is -0.121. The maximum atomic E-state index is 12.8. The lowest BCUT2D eigenvalue weighted by atomic mass is 10.0. The zero-order valence-electron chi connectivity index (χ0n) is 20.4. The third-order valence-corrected chi connectivity index (χ3v) is 7.03. The smallest absolute Gasteiger partial charge is 0.266 e. The zero-order chi connectivity index (χ0) is 24.2. The first-order valence-corrected chi connectivity index (χ1v) is 12.3. The molecule has 3 aromatic carbocycles. The van der Waals surface area contributed by atoms with Crippen LogP contribution in [0.2, 0.25) is 0 Å². The first kappa shape index (κ1) is 23.8. The fourth-order valence-electron chi connectivity index (χ4n) is 3.97. The summed E-state index contributed by atoms with van der Waals surface area (Å²) in [6.45, 7) is 9.03. The fraction of sp³-hybridized carbons (Fsp3) is 0.241. The number of aryl methyl sites for hydroxylation is 4. The van der Waals surface area contributed by atoms with E-state index >= 15 is 0 Å². The lowest BCUT2D eigenvalue weighted by Crippen LogP contribution is -2.23. The molecule has 1 fully saturated rings. The summed E-state index contributed by atoms with van der Waals surface area (Å²) < 4.78 is 6.04. The van der Waals surface area contributed by atoms with E-state index in [1.54, 1.807) is 11.9 Å². The molecular weight excluding hydrogens is 440 g/mol. The van der Waals surface area contributed by atoms with Crippen LogP contribution in [0.1, 0.15) is 40.3 Å². The number of thioether (sulfide) groups is 1. The van der Waals surface area contributed by atoms with Crippen molar-refractivity contribution in [2.45, 2.75) is 40.7 Å². The van der Waals surface area contributed by atoms with Crippen LogP contribution in [0, 0.1) is 20.8 Å². The molecule has 1 heterocycles. The highest BCUT2D eigenvalue weighted by Crippen LogP contribution is 2.33. The molecule has 1 amide bonds. The van der Waals surface area contributed by atoms with Crippen LogP contribution in [0.5, 0.6) is 5.75 Å². The fourth-order valence-corrected chi connectivity index (χ4v) is 4.96. The Bertz CT molecular complexity index is 1240. The Hall–Kier alpha value is -3.31. The van der Waals surface area contributed by atoms with Crippen LogP contribution in [-0.4, -0.2) is 23.0 Å². The average Bonchev–Trinajstić information content (AvgIpc) is 3.07. The van der Waals surface area contributed by atoms with Gasteiger partial charge in [-0.25, -0.2) is 4.99 Å². The van der Waals surface area contributed by atoms with Gasteiger partial charge in [-0.1, -0.05) is 48.9 Å². The molecule has 0 saturated carbocycles. The van der Waals surface area contributed by atoms with Crippen molar-refractivity contribution >= 4 is 34.6 Å². The van der Waals surface area contributed by atoms with Crippen molar-refractivity contribution < 1.29 is 9.53 Å². The molecule has 1 aliphatic rings. The molecule has 174 valence electrons. The van der Waals surface area contributed by atoms with Crippen LogP contribution in [-0.2, 0) is 17.8 Å². The van der Waals surface area contributed by atoms with Gasteiger partial charge in [-0.3, -0.25) is 9.69 Å². The summed E-state index contributed by atoms with van der Waals surface area (Å²) in [5.74, 6) is 0.765.